The third-order valence-corrected chi connectivity index (χ3v) is 4.78. The quantitative estimate of drug-likeness (QED) is 0.483. The van der Waals surface area contributed by atoms with Gasteiger partial charge in [0, 0.05) is 26.3 Å². The van der Waals surface area contributed by atoms with Gasteiger partial charge in [-0.2, -0.15) is 0 Å². The molecule has 0 spiro atoms. The SMILES string of the molecule is CCCN(CCC(C)CC)c1cc(COC)n(-c2ccc(OC(F)(F)F)cc2)n1. The molecule has 162 valence electrons. The fraction of sp³-hybridized carbons (Fsp3) is 0.571. The minimum atomic E-state index is -4.71. The van der Waals surface area contributed by atoms with Crippen molar-refractivity contribution < 1.29 is 22.6 Å². The predicted molar refractivity (Wildman–Crippen MR) is 108 cm³/mol. The molecule has 1 atom stereocenters. The van der Waals surface area contributed by atoms with E-state index in [0.717, 1.165) is 43.9 Å². The molecule has 0 fully saturated rings. The van der Waals surface area contributed by atoms with Gasteiger partial charge in [0.1, 0.15) is 5.75 Å². The van der Waals surface area contributed by atoms with E-state index in [1.807, 2.05) is 6.07 Å². The molecule has 0 aliphatic rings. The molecular weight excluding hydrogens is 383 g/mol. The van der Waals surface area contributed by atoms with Gasteiger partial charge in [-0.15, -0.1) is 18.3 Å². The molecule has 0 saturated carbocycles. The molecule has 0 amide bonds. The van der Waals surface area contributed by atoms with Crippen LogP contribution in [-0.2, 0) is 11.3 Å². The maximum Gasteiger partial charge on any atom is 0.573 e. The van der Waals surface area contributed by atoms with Crippen molar-refractivity contribution in [3.8, 4) is 11.4 Å². The second kappa shape index (κ2) is 10.5. The van der Waals surface area contributed by atoms with Crippen molar-refractivity contribution in [2.24, 2.45) is 5.92 Å². The minimum Gasteiger partial charge on any atom is -0.406 e. The monoisotopic (exact) mass is 413 g/mol. The van der Waals surface area contributed by atoms with E-state index in [1.165, 1.54) is 12.1 Å². The summed E-state index contributed by atoms with van der Waals surface area (Å²) in [7, 11) is 1.60. The predicted octanol–water partition coefficient (Wildman–Crippen LogP) is 5.57. The van der Waals surface area contributed by atoms with Crippen LogP contribution in [-0.4, -0.2) is 36.3 Å². The van der Waals surface area contributed by atoms with Gasteiger partial charge in [-0.3, -0.25) is 0 Å². The topological polar surface area (TPSA) is 39.5 Å². The largest absolute Gasteiger partial charge is 0.573 e. The average molecular weight is 413 g/mol. The molecule has 0 radical (unpaired) electrons. The second-order valence-corrected chi connectivity index (χ2v) is 7.17. The van der Waals surface area contributed by atoms with Crippen LogP contribution in [0.25, 0.3) is 5.69 Å². The van der Waals surface area contributed by atoms with Gasteiger partial charge in [-0.25, -0.2) is 4.68 Å². The average Bonchev–Trinajstić information content (AvgIpc) is 3.08. The molecule has 1 aromatic heterocycles. The Morgan fingerprint density at radius 3 is 2.38 bits per heavy atom. The third kappa shape index (κ3) is 6.96. The Morgan fingerprint density at radius 2 is 1.83 bits per heavy atom. The van der Waals surface area contributed by atoms with Crippen LogP contribution in [0.15, 0.2) is 30.3 Å². The molecule has 0 bridgehead atoms. The van der Waals surface area contributed by atoms with Gasteiger partial charge >= 0.3 is 6.36 Å². The summed E-state index contributed by atoms with van der Waals surface area (Å²) in [5.74, 6) is 1.22. The number of benzene rings is 1. The number of nitrogens with zero attached hydrogens (tertiary/aromatic N) is 3. The highest BCUT2D eigenvalue weighted by atomic mass is 19.4. The number of alkyl halides is 3. The lowest BCUT2D eigenvalue weighted by molar-refractivity contribution is -0.274. The number of hydrogen-bond donors (Lipinski definition) is 0. The lowest BCUT2D eigenvalue weighted by atomic mass is 10.1. The highest BCUT2D eigenvalue weighted by Gasteiger charge is 2.31. The minimum absolute atomic E-state index is 0.261. The van der Waals surface area contributed by atoms with E-state index in [2.05, 4.69) is 30.4 Å². The van der Waals surface area contributed by atoms with Crippen molar-refractivity contribution in [2.75, 3.05) is 25.1 Å². The van der Waals surface area contributed by atoms with E-state index in [1.54, 1.807) is 23.9 Å². The van der Waals surface area contributed by atoms with Crippen LogP contribution in [0.3, 0.4) is 0 Å². The fourth-order valence-electron chi connectivity index (χ4n) is 3.01. The Morgan fingerprint density at radius 1 is 1.14 bits per heavy atom. The van der Waals surface area contributed by atoms with Crippen LogP contribution >= 0.6 is 0 Å². The molecule has 1 aromatic carbocycles. The van der Waals surface area contributed by atoms with Crippen molar-refractivity contribution >= 4 is 5.82 Å². The van der Waals surface area contributed by atoms with E-state index < -0.39 is 6.36 Å². The molecule has 1 unspecified atom stereocenters. The highest BCUT2D eigenvalue weighted by Crippen LogP contribution is 2.26. The Kier molecular flexibility index (Phi) is 8.37. The van der Waals surface area contributed by atoms with E-state index >= 15 is 0 Å². The van der Waals surface area contributed by atoms with Crippen LogP contribution in [0, 0.1) is 5.92 Å². The van der Waals surface area contributed by atoms with Gasteiger partial charge in [0.15, 0.2) is 5.82 Å². The molecular formula is C21H30F3N3O2. The molecule has 2 aromatic rings. The van der Waals surface area contributed by atoms with Gasteiger partial charge < -0.3 is 14.4 Å². The Hall–Kier alpha value is -2.22. The number of aromatic nitrogens is 2. The van der Waals surface area contributed by atoms with Crippen molar-refractivity contribution in [1.82, 2.24) is 9.78 Å². The smallest absolute Gasteiger partial charge is 0.406 e. The second-order valence-electron chi connectivity index (χ2n) is 7.17. The fourth-order valence-corrected chi connectivity index (χ4v) is 3.01. The number of methoxy groups -OCH3 is 1. The number of rotatable bonds is 11. The van der Waals surface area contributed by atoms with Gasteiger partial charge in [0.2, 0.25) is 0 Å². The molecule has 0 N–H and O–H groups in total. The van der Waals surface area contributed by atoms with E-state index in [-0.39, 0.29) is 5.75 Å². The molecule has 0 aliphatic heterocycles. The summed E-state index contributed by atoms with van der Waals surface area (Å²) in [4.78, 5) is 2.25. The first-order valence-electron chi connectivity index (χ1n) is 9.96. The maximum atomic E-state index is 12.4. The van der Waals surface area contributed by atoms with Gasteiger partial charge in [0.25, 0.3) is 0 Å². The molecule has 0 saturated heterocycles. The lowest BCUT2D eigenvalue weighted by Gasteiger charge is -2.23. The van der Waals surface area contributed by atoms with Gasteiger partial charge in [-0.05, 0) is 43.0 Å². The van der Waals surface area contributed by atoms with Crippen molar-refractivity contribution in [3.63, 3.8) is 0 Å². The molecule has 5 nitrogen and oxygen atoms in total. The summed E-state index contributed by atoms with van der Waals surface area (Å²) in [6, 6.07) is 7.66. The maximum absolute atomic E-state index is 12.4. The van der Waals surface area contributed by atoms with E-state index in [0.29, 0.717) is 18.2 Å². The summed E-state index contributed by atoms with van der Waals surface area (Å²) >= 11 is 0. The number of halogens is 3. The van der Waals surface area contributed by atoms with Crippen LogP contribution < -0.4 is 9.64 Å². The van der Waals surface area contributed by atoms with Crippen molar-refractivity contribution in [2.45, 2.75) is 53.0 Å². The van der Waals surface area contributed by atoms with Gasteiger partial charge in [-0.1, -0.05) is 27.2 Å². The summed E-state index contributed by atoms with van der Waals surface area (Å²) in [6.07, 6.45) is -1.50. The summed E-state index contributed by atoms with van der Waals surface area (Å²) in [6.45, 7) is 8.70. The van der Waals surface area contributed by atoms with Crippen molar-refractivity contribution in [1.29, 1.82) is 0 Å². The van der Waals surface area contributed by atoms with E-state index in [9.17, 15) is 13.2 Å². The normalized spacial score (nSPS) is 12.8. The van der Waals surface area contributed by atoms with Crippen LogP contribution in [0.2, 0.25) is 0 Å². The number of anilines is 1. The molecule has 29 heavy (non-hydrogen) atoms. The summed E-state index contributed by atoms with van der Waals surface area (Å²) in [5.41, 5.74) is 1.48. The zero-order valence-electron chi connectivity index (χ0n) is 17.5. The van der Waals surface area contributed by atoms with E-state index in [4.69, 9.17) is 9.84 Å². The Balaban J connectivity index is 2.28. The zero-order chi connectivity index (χ0) is 21.4. The third-order valence-electron chi connectivity index (χ3n) is 4.78. The Bertz CT molecular complexity index is 745. The van der Waals surface area contributed by atoms with Crippen molar-refractivity contribution in [3.05, 3.63) is 36.0 Å². The lowest BCUT2D eigenvalue weighted by Crippen LogP contribution is -2.27. The number of ether oxygens (including phenoxy) is 2. The molecule has 8 heteroatoms. The van der Waals surface area contributed by atoms with Crippen LogP contribution in [0.5, 0.6) is 5.75 Å². The highest BCUT2D eigenvalue weighted by molar-refractivity contribution is 5.45. The standard InChI is InChI=1S/C21H30F3N3O2/c1-5-12-26(13-11-16(3)6-2)20-14-18(15-28-4)27(25-20)17-7-9-19(10-8-17)29-21(22,23)24/h7-10,14,16H,5-6,11-13,15H2,1-4H3. The van der Waals surface area contributed by atoms with Crippen LogP contribution in [0.1, 0.15) is 45.7 Å². The molecule has 1 heterocycles. The summed E-state index contributed by atoms with van der Waals surface area (Å²) in [5, 5.41) is 4.73. The van der Waals surface area contributed by atoms with Gasteiger partial charge in [0.05, 0.1) is 18.0 Å². The van der Waals surface area contributed by atoms with Crippen LogP contribution in [0.4, 0.5) is 19.0 Å². The molecule has 0 aliphatic carbocycles. The molecule has 2 rings (SSSR count). The number of hydrogen-bond acceptors (Lipinski definition) is 4. The zero-order valence-corrected chi connectivity index (χ0v) is 17.5. The summed E-state index contributed by atoms with van der Waals surface area (Å²) < 4.78 is 48.1. The first kappa shape index (κ1) is 23.1. The first-order chi connectivity index (χ1) is 13.8. The first-order valence-corrected chi connectivity index (χ1v) is 9.96. The Labute approximate surface area is 170 Å².